The van der Waals surface area contributed by atoms with Crippen LogP contribution < -0.4 is 5.32 Å². The van der Waals surface area contributed by atoms with E-state index in [0.29, 0.717) is 17.0 Å². The zero-order valence-electron chi connectivity index (χ0n) is 11.7. The standard InChI is InChI=1S/C15H23ClFNO/c1-3-8-18-14(5-4-9-19-2)11-12-10-13(16)6-7-15(12)17/h6-7,10,14,18H,3-5,8-9,11H2,1-2H3. The number of methoxy groups -OCH3 is 1. The van der Waals surface area contributed by atoms with Crippen LogP contribution in [-0.2, 0) is 11.2 Å². The van der Waals surface area contributed by atoms with Crippen molar-refractivity contribution in [2.75, 3.05) is 20.3 Å². The predicted molar refractivity (Wildman–Crippen MR) is 78.3 cm³/mol. The summed E-state index contributed by atoms with van der Waals surface area (Å²) < 4.78 is 18.8. The minimum atomic E-state index is -0.181. The van der Waals surface area contributed by atoms with E-state index in [4.69, 9.17) is 16.3 Å². The molecule has 0 saturated heterocycles. The van der Waals surface area contributed by atoms with Crippen molar-refractivity contribution in [3.63, 3.8) is 0 Å². The van der Waals surface area contributed by atoms with E-state index in [1.165, 1.54) is 6.07 Å². The van der Waals surface area contributed by atoms with Gasteiger partial charge in [-0.15, -0.1) is 0 Å². The van der Waals surface area contributed by atoms with Gasteiger partial charge in [0.1, 0.15) is 5.82 Å². The van der Waals surface area contributed by atoms with Crippen LogP contribution in [0.3, 0.4) is 0 Å². The summed E-state index contributed by atoms with van der Waals surface area (Å²) in [4.78, 5) is 0. The first-order valence-corrected chi connectivity index (χ1v) is 7.21. The molecule has 1 N–H and O–H groups in total. The highest BCUT2D eigenvalue weighted by atomic mass is 35.5. The Kier molecular flexibility index (Phi) is 8.03. The molecule has 0 heterocycles. The molecule has 1 aromatic carbocycles. The van der Waals surface area contributed by atoms with E-state index in [1.54, 1.807) is 19.2 Å². The van der Waals surface area contributed by atoms with E-state index in [1.807, 2.05) is 0 Å². The Balaban J connectivity index is 2.61. The Morgan fingerprint density at radius 3 is 2.89 bits per heavy atom. The second-order valence-electron chi connectivity index (χ2n) is 4.73. The second-order valence-corrected chi connectivity index (χ2v) is 5.16. The molecular weight excluding hydrogens is 265 g/mol. The third-order valence-electron chi connectivity index (χ3n) is 3.06. The van der Waals surface area contributed by atoms with Crippen LogP contribution in [0.2, 0.25) is 5.02 Å². The maximum atomic E-state index is 13.7. The molecule has 0 aliphatic heterocycles. The zero-order valence-corrected chi connectivity index (χ0v) is 12.5. The molecule has 0 spiro atoms. The molecule has 0 aromatic heterocycles. The number of ether oxygens (including phenoxy) is 1. The lowest BCUT2D eigenvalue weighted by Gasteiger charge is -2.19. The largest absolute Gasteiger partial charge is 0.385 e. The van der Waals surface area contributed by atoms with Crippen LogP contribution in [0.15, 0.2) is 18.2 Å². The third kappa shape index (κ3) is 6.37. The van der Waals surface area contributed by atoms with E-state index in [2.05, 4.69) is 12.2 Å². The van der Waals surface area contributed by atoms with Gasteiger partial charge in [-0.3, -0.25) is 0 Å². The molecule has 19 heavy (non-hydrogen) atoms. The SMILES string of the molecule is CCCNC(CCCOC)Cc1cc(Cl)ccc1F. The lowest BCUT2D eigenvalue weighted by molar-refractivity contribution is 0.188. The maximum absolute atomic E-state index is 13.7. The van der Waals surface area contributed by atoms with Crippen molar-refractivity contribution in [1.29, 1.82) is 0 Å². The average molecular weight is 288 g/mol. The fourth-order valence-corrected chi connectivity index (χ4v) is 2.26. The monoisotopic (exact) mass is 287 g/mol. The molecule has 1 unspecified atom stereocenters. The molecule has 2 nitrogen and oxygen atoms in total. The Hall–Kier alpha value is -0.640. The number of nitrogens with one attached hydrogen (secondary N) is 1. The van der Waals surface area contributed by atoms with Gasteiger partial charge < -0.3 is 10.1 Å². The summed E-state index contributed by atoms with van der Waals surface area (Å²) in [5.41, 5.74) is 0.679. The maximum Gasteiger partial charge on any atom is 0.126 e. The van der Waals surface area contributed by atoms with Gasteiger partial charge >= 0.3 is 0 Å². The highest BCUT2D eigenvalue weighted by molar-refractivity contribution is 6.30. The van der Waals surface area contributed by atoms with Gasteiger partial charge in [0.05, 0.1) is 0 Å². The Morgan fingerprint density at radius 1 is 1.42 bits per heavy atom. The van der Waals surface area contributed by atoms with Crippen molar-refractivity contribution in [3.05, 3.63) is 34.6 Å². The normalized spacial score (nSPS) is 12.6. The summed E-state index contributed by atoms with van der Waals surface area (Å²) in [7, 11) is 1.70. The molecule has 0 saturated carbocycles. The van der Waals surface area contributed by atoms with Crippen LogP contribution in [0.5, 0.6) is 0 Å². The van der Waals surface area contributed by atoms with Crippen molar-refractivity contribution in [1.82, 2.24) is 5.32 Å². The third-order valence-corrected chi connectivity index (χ3v) is 3.29. The molecule has 1 atom stereocenters. The number of hydrogen-bond donors (Lipinski definition) is 1. The highest BCUT2D eigenvalue weighted by Crippen LogP contribution is 2.17. The predicted octanol–water partition coefficient (Wildman–Crippen LogP) is 3.82. The van der Waals surface area contributed by atoms with Crippen LogP contribution in [0, 0.1) is 5.82 Å². The summed E-state index contributed by atoms with van der Waals surface area (Å²) in [6, 6.07) is 5.00. The summed E-state index contributed by atoms with van der Waals surface area (Å²) in [5.74, 6) is -0.181. The first-order valence-electron chi connectivity index (χ1n) is 6.83. The zero-order chi connectivity index (χ0) is 14.1. The van der Waals surface area contributed by atoms with Gasteiger partial charge in [0.2, 0.25) is 0 Å². The van der Waals surface area contributed by atoms with E-state index < -0.39 is 0 Å². The summed E-state index contributed by atoms with van der Waals surface area (Å²) >= 11 is 5.92. The van der Waals surface area contributed by atoms with Crippen LogP contribution in [-0.4, -0.2) is 26.3 Å². The number of halogens is 2. The second kappa shape index (κ2) is 9.29. The summed E-state index contributed by atoms with van der Waals surface area (Å²) in [6.07, 6.45) is 3.68. The molecule has 0 aliphatic rings. The van der Waals surface area contributed by atoms with Crippen molar-refractivity contribution >= 4 is 11.6 Å². The Labute approximate surface area is 120 Å². The first-order chi connectivity index (χ1) is 9.17. The fraction of sp³-hybridized carbons (Fsp3) is 0.600. The molecule has 108 valence electrons. The van der Waals surface area contributed by atoms with Gasteiger partial charge in [0, 0.05) is 24.8 Å². The van der Waals surface area contributed by atoms with Crippen molar-refractivity contribution in [3.8, 4) is 0 Å². The molecule has 0 radical (unpaired) electrons. The molecule has 1 rings (SSSR count). The molecular formula is C15H23ClFNO. The first kappa shape index (κ1) is 16.4. The summed E-state index contributed by atoms with van der Waals surface area (Å²) in [5, 5.41) is 4.04. The van der Waals surface area contributed by atoms with Crippen LogP contribution in [0.4, 0.5) is 4.39 Å². The lowest BCUT2D eigenvalue weighted by atomic mass is 10.0. The van der Waals surface area contributed by atoms with E-state index in [-0.39, 0.29) is 11.9 Å². The van der Waals surface area contributed by atoms with Crippen LogP contribution in [0.25, 0.3) is 0 Å². The van der Waals surface area contributed by atoms with Crippen LogP contribution >= 0.6 is 11.6 Å². The highest BCUT2D eigenvalue weighted by Gasteiger charge is 2.12. The van der Waals surface area contributed by atoms with E-state index in [9.17, 15) is 4.39 Å². The van der Waals surface area contributed by atoms with Gasteiger partial charge in [0.25, 0.3) is 0 Å². The van der Waals surface area contributed by atoms with E-state index in [0.717, 1.165) is 32.4 Å². The van der Waals surface area contributed by atoms with Crippen LogP contribution in [0.1, 0.15) is 31.7 Å². The van der Waals surface area contributed by atoms with Gasteiger partial charge in [-0.25, -0.2) is 4.39 Å². The summed E-state index contributed by atoms with van der Waals surface area (Å²) in [6.45, 7) is 3.81. The van der Waals surface area contributed by atoms with Crippen molar-refractivity contribution in [2.45, 2.75) is 38.6 Å². The number of hydrogen-bond acceptors (Lipinski definition) is 2. The average Bonchev–Trinajstić information content (AvgIpc) is 2.40. The Morgan fingerprint density at radius 2 is 2.21 bits per heavy atom. The number of rotatable bonds is 9. The van der Waals surface area contributed by atoms with Gasteiger partial charge in [-0.1, -0.05) is 18.5 Å². The molecule has 1 aromatic rings. The van der Waals surface area contributed by atoms with Gasteiger partial charge in [-0.05, 0) is 56.0 Å². The van der Waals surface area contributed by atoms with Gasteiger partial charge in [-0.2, -0.15) is 0 Å². The Bertz CT molecular complexity index is 373. The minimum absolute atomic E-state index is 0.181. The smallest absolute Gasteiger partial charge is 0.126 e. The molecule has 0 aliphatic carbocycles. The van der Waals surface area contributed by atoms with Gasteiger partial charge in [0.15, 0.2) is 0 Å². The molecule has 0 amide bonds. The number of benzene rings is 1. The van der Waals surface area contributed by atoms with Crippen molar-refractivity contribution in [2.24, 2.45) is 0 Å². The topological polar surface area (TPSA) is 21.3 Å². The lowest BCUT2D eigenvalue weighted by Crippen LogP contribution is -2.32. The minimum Gasteiger partial charge on any atom is -0.385 e. The van der Waals surface area contributed by atoms with E-state index >= 15 is 0 Å². The fourth-order valence-electron chi connectivity index (χ4n) is 2.06. The quantitative estimate of drug-likeness (QED) is 0.697. The van der Waals surface area contributed by atoms with Crippen molar-refractivity contribution < 1.29 is 9.13 Å². The molecule has 4 heteroatoms. The molecule has 0 fully saturated rings. The molecule has 0 bridgehead atoms.